The Balaban J connectivity index is 1.80. The van der Waals surface area contributed by atoms with Crippen LogP contribution >= 0.6 is 0 Å². The number of aryl methyl sites for hydroxylation is 2. The highest BCUT2D eigenvalue weighted by Gasteiger charge is 2.19. The minimum atomic E-state index is -0.459. The van der Waals surface area contributed by atoms with Crippen LogP contribution in [0.25, 0.3) is 16.7 Å². The van der Waals surface area contributed by atoms with E-state index in [9.17, 15) is 14.4 Å². The third-order valence-electron chi connectivity index (χ3n) is 5.18. The van der Waals surface area contributed by atoms with Crippen LogP contribution in [0.2, 0.25) is 0 Å². The van der Waals surface area contributed by atoms with Crippen molar-refractivity contribution in [2.24, 2.45) is 5.92 Å². The summed E-state index contributed by atoms with van der Waals surface area (Å²) >= 11 is 0. The van der Waals surface area contributed by atoms with Gasteiger partial charge in [0.1, 0.15) is 6.54 Å². The zero-order chi connectivity index (χ0) is 22.3. The molecule has 0 fully saturated rings. The quantitative estimate of drug-likeness (QED) is 0.539. The lowest BCUT2D eigenvalue weighted by molar-refractivity contribution is -0.117. The van der Waals surface area contributed by atoms with Crippen molar-refractivity contribution in [2.45, 2.75) is 40.8 Å². The summed E-state index contributed by atoms with van der Waals surface area (Å²) in [5, 5.41) is 7.64. The zero-order valence-corrected chi connectivity index (χ0v) is 18.0. The molecule has 31 heavy (non-hydrogen) atoms. The number of benzene rings is 2. The average molecular weight is 419 g/mol. The number of nitrogens with one attached hydrogen (secondary N) is 1. The first-order valence-corrected chi connectivity index (χ1v) is 10.2. The predicted octanol–water partition coefficient (Wildman–Crippen LogP) is 2.72. The largest absolute Gasteiger partial charge is 0.352 e. The highest BCUT2D eigenvalue weighted by Crippen LogP contribution is 2.16. The first-order valence-electron chi connectivity index (χ1n) is 10.2. The van der Waals surface area contributed by atoms with Gasteiger partial charge in [0, 0.05) is 12.2 Å². The smallest absolute Gasteiger partial charge is 0.324 e. The van der Waals surface area contributed by atoms with Crippen molar-refractivity contribution in [1.29, 1.82) is 0 Å². The Kier molecular flexibility index (Phi) is 5.22. The molecule has 0 aliphatic heterocycles. The van der Waals surface area contributed by atoms with Crippen molar-refractivity contribution in [3.05, 3.63) is 74.4 Å². The van der Waals surface area contributed by atoms with Gasteiger partial charge in [0.05, 0.1) is 10.9 Å². The molecule has 2 aromatic heterocycles. The first kappa shape index (κ1) is 20.6. The monoisotopic (exact) mass is 419 g/mol. The molecule has 2 heterocycles. The van der Waals surface area contributed by atoms with Crippen LogP contribution in [-0.2, 0) is 17.9 Å². The number of aromatic nitrogens is 4. The van der Waals surface area contributed by atoms with Crippen molar-refractivity contribution >= 4 is 28.3 Å². The summed E-state index contributed by atoms with van der Waals surface area (Å²) in [5.74, 6) is 0.0527. The Bertz CT molecular complexity index is 1430. The van der Waals surface area contributed by atoms with Gasteiger partial charge >= 0.3 is 5.69 Å². The van der Waals surface area contributed by atoms with E-state index in [1.54, 1.807) is 24.3 Å². The maximum Gasteiger partial charge on any atom is 0.352 e. The second kappa shape index (κ2) is 7.86. The van der Waals surface area contributed by atoms with Gasteiger partial charge in [-0.25, -0.2) is 13.9 Å². The van der Waals surface area contributed by atoms with E-state index in [1.807, 2.05) is 45.9 Å². The van der Waals surface area contributed by atoms with Crippen molar-refractivity contribution in [1.82, 2.24) is 18.7 Å². The van der Waals surface area contributed by atoms with Gasteiger partial charge in [-0.1, -0.05) is 43.7 Å². The molecule has 8 nitrogen and oxygen atoms in total. The van der Waals surface area contributed by atoms with E-state index in [0.29, 0.717) is 23.1 Å². The van der Waals surface area contributed by atoms with Gasteiger partial charge in [-0.2, -0.15) is 0 Å². The highest BCUT2D eigenvalue weighted by atomic mass is 16.2. The number of para-hydroxylation sites is 1. The summed E-state index contributed by atoms with van der Waals surface area (Å²) in [6, 6.07) is 12.7. The Morgan fingerprint density at radius 1 is 1.10 bits per heavy atom. The van der Waals surface area contributed by atoms with E-state index < -0.39 is 5.69 Å². The van der Waals surface area contributed by atoms with Gasteiger partial charge in [-0.3, -0.25) is 14.2 Å². The molecule has 0 aliphatic carbocycles. The van der Waals surface area contributed by atoms with Crippen LogP contribution in [0.5, 0.6) is 0 Å². The summed E-state index contributed by atoms with van der Waals surface area (Å²) < 4.78 is 4.02. The number of carbonyl (C=O) groups is 1. The van der Waals surface area contributed by atoms with Crippen molar-refractivity contribution in [3.63, 3.8) is 0 Å². The second-order valence-electron chi connectivity index (χ2n) is 8.27. The maximum atomic E-state index is 13.2. The molecular formula is C23H25N5O3. The summed E-state index contributed by atoms with van der Waals surface area (Å²) in [7, 11) is 0. The number of anilines is 1. The molecule has 0 saturated heterocycles. The standard InChI is InChI=1S/C23H25N5O3/c1-14(2)12-26-21(30)17-7-5-6-8-19(17)28-22(26)25-27(23(28)31)13-20(29)24-18-10-9-15(3)11-16(18)4/h5-11,14H,12-13H2,1-4H3,(H,24,29). The fourth-order valence-electron chi connectivity index (χ4n) is 3.78. The molecule has 1 N–H and O–H groups in total. The molecule has 8 heteroatoms. The molecule has 0 radical (unpaired) electrons. The number of hydrogen-bond acceptors (Lipinski definition) is 4. The van der Waals surface area contributed by atoms with Crippen LogP contribution < -0.4 is 16.6 Å². The molecule has 0 aliphatic rings. The molecule has 160 valence electrons. The highest BCUT2D eigenvalue weighted by molar-refractivity contribution is 5.91. The molecule has 0 saturated carbocycles. The lowest BCUT2D eigenvalue weighted by Gasteiger charge is -2.11. The van der Waals surface area contributed by atoms with Crippen molar-refractivity contribution in [2.75, 3.05) is 5.32 Å². The number of carbonyl (C=O) groups excluding carboxylic acids is 1. The van der Waals surface area contributed by atoms with E-state index in [2.05, 4.69) is 10.4 Å². The average Bonchev–Trinajstić information content (AvgIpc) is 3.03. The minimum Gasteiger partial charge on any atom is -0.324 e. The molecule has 0 bridgehead atoms. The van der Waals surface area contributed by atoms with Crippen LogP contribution in [0.3, 0.4) is 0 Å². The molecular weight excluding hydrogens is 394 g/mol. The van der Waals surface area contributed by atoms with Crippen molar-refractivity contribution < 1.29 is 4.79 Å². The predicted molar refractivity (Wildman–Crippen MR) is 121 cm³/mol. The van der Waals surface area contributed by atoms with Crippen LogP contribution in [0.1, 0.15) is 25.0 Å². The lowest BCUT2D eigenvalue weighted by Crippen LogP contribution is -2.29. The lowest BCUT2D eigenvalue weighted by atomic mass is 10.1. The Labute approximate surface area is 178 Å². The number of fused-ring (bicyclic) bond motifs is 3. The van der Waals surface area contributed by atoms with E-state index in [0.717, 1.165) is 15.8 Å². The van der Waals surface area contributed by atoms with Crippen LogP contribution in [0.15, 0.2) is 52.1 Å². The van der Waals surface area contributed by atoms with Crippen LogP contribution in [-0.4, -0.2) is 24.7 Å². The van der Waals surface area contributed by atoms with Gasteiger partial charge in [-0.15, -0.1) is 5.10 Å². The minimum absolute atomic E-state index is 0.177. The van der Waals surface area contributed by atoms with Gasteiger partial charge in [0.2, 0.25) is 11.7 Å². The van der Waals surface area contributed by atoms with Gasteiger partial charge < -0.3 is 5.32 Å². The van der Waals surface area contributed by atoms with E-state index >= 15 is 0 Å². The molecule has 0 spiro atoms. The SMILES string of the molecule is Cc1ccc(NC(=O)Cn2nc3n(CC(C)C)c(=O)c4ccccc4n3c2=O)c(C)c1. The van der Waals surface area contributed by atoms with Gasteiger partial charge in [0.15, 0.2) is 0 Å². The third-order valence-corrected chi connectivity index (χ3v) is 5.18. The van der Waals surface area contributed by atoms with Gasteiger partial charge in [-0.05, 0) is 43.5 Å². The Morgan fingerprint density at radius 3 is 2.55 bits per heavy atom. The molecule has 1 amide bonds. The Morgan fingerprint density at radius 2 is 1.84 bits per heavy atom. The fourth-order valence-corrected chi connectivity index (χ4v) is 3.78. The Hall–Kier alpha value is -3.68. The van der Waals surface area contributed by atoms with Crippen LogP contribution in [0.4, 0.5) is 5.69 Å². The first-order chi connectivity index (χ1) is 14.8. The molecule has 0 unspecified atom stereocenters. The third kappa shape index (κ3) is 3.76. The maximum absolute atomic E-state index is 13.2. The second-order valence-corrected chi connectivity index (χ2v) is 8.27. The molecule has 2 aromatic carbocycles. The normalized spacial score (nSPS) is 11.5. The molecule has 4 aromatic rings. The van der Waals surface area contributed by atoms with Crippen molar-refractivity contribution in [3.8, 4) is 0 Å². The number of nitrogens with zero attached hydrogens (tertiary/aromatic N) is 4. The number of rotatable bonds is 5. The van der Waals surface area contributed by atoms with Gasteiger partial charge in [0.25, 0.3) is 5.56 Å². The molecule has 4 rings (SSSR count). The molecule has 0 atom stereocenters. The summed E-state index contributed by atoms with van der Waals surface area (Å²) in [6.07, 6.45) is 0. The summed E-state index contributed by atoms with van der Waals surface area (Å²) in [4.78, 5) is 38.9. The fraction of sp³-hybridized carbons (Fsp3) is 0.304. The van der Waals surface area contributed by atoms with E-state index in [-0.39, 0.29) is 29.7 Å². The van der Waals surface area contributed by atoms with E-state index in [4.69, 9.17) is 0 Å². The number of hydrogen-bond donors (Lipinski definition) is 1. The zero-order valence-electron chi connectivity index (χ0n) is 18.0. The number of amides is 1. The van der Waals surface area contributed by atoms with Crippen LogP contribution in [0, 0.1) is 19.8 Å². The van der Waals surface area contributed by atoms with E-state index in [1.165, 1.54) is 8.97 Å². The summed E-state index contributed by atoms with van der Waals surface area (Å²) in [5.41, 5.74) is 2.55. The topological polar surface area (TPSA) is 90.4 Å². The summed E-state index contributed by atoms with van der Waals surface area (Å²) in [6.45, 7) is 8.04.